The first-order chi connectivity index (χ1) is 45.7. The molecule has 0 N–H and O–H groups in total. The summed E-state index contributed by atoms with van der Waals surface area (Å²) in [6.07, 6.45) is 17.9. The molecule has 0 fully saturated rings. The van der Waals surface area contributed by atoms with Crippen LogP contribution in [-0.2, 0) is 60.4 Å². The molecular weight excluding hydrogens is 1270 g/mol. The number of hydrogen-bond acceptors (Lipinski definition) is 2. The Kier molecular flexibility index (Phi) is 16.0. The van der Waals surface area contributed by atoms with Crippen molar-refractivity contribution in [2.75, 3.05) is 23.9 Å². The summed E-state index contributed by atoms with van der Waals surface area (Å²) in [4.78, 5) is 4.90. The molecular formula is C88H78Br2N4+2. The number of halogens is 2. The van der Waals surface area contributed by atoms with Gasteiger partial charge < -0.3 is 9.80 Å². The fraction of sp³-hybridized carbons (Fsp3) is 0.182. The maximum atomic E-state index is 3.88. The maximum Gasteiger partial charge on any atom is 0.210 e. The number of allylic oxidation sites excluding steroid dienone is 8. The van der Waals surface area contributed by atoms with Crippen LogP contribution in [0.2, 0.25) is 0 Å². The molecule has 11 aromatic carbocycles. The van der Waals surface area contributed by atoms with Crippen LogP contribution in [0, 0.1) is 0 Å². The van der Waals surface area contributed by atoms with E-state index in [1.807, 2.05) is 0 Å². The van der Waals surface area contributed by atoms with Crippen LogP contribution < -0.4 is 9.80 Å². The summed E-state index contributed by atoms with van der Waals surface area (Å²) in [7, 11) is 4.52. The minimum atomic E-state index is -0.325. The van der Waals surface area contributed by atoms with Crippen LogP contribution in [0.4, 0.5) is 22.7 Å². The number of para-hydroxylation sites is 2. The molecule has 0 unspecified atom stereocenters. The number of rotatable bonds is 16. The van der Waals surface area contributed by atoms with Gasteiger partial charge in [0.15, 0.2) is 24.5 Å². The van der Waals surface area contributed by atoms with E-state index >= 15 is 0 Å². The number of likely N-dealkylation sites (N-methyl/N-ethyl adjacent to an activating group) is 2. The summed E-state index contributed by atoms with van der Waals surface area (Å²) in [5.41, 5.74) is 22.2. The van der Waals surface area contributed by atoms with E-state index in [2.05, 4.69) is 384 Å². The molecule has 0 saturated carbocycles. The van der Waals surface area contributed by atoms with Crippen LogP contribution in [0.5, 0.6) is 0 Å². The Labute approximate surface area is 571 Å². The Hall–Kier alpha value is -9.20. The summed E-state index contributed by atoms with van der Waals surface area (Å²) in [5.74, 6) is 0. The van der Waals surface area contributed by atoms with E-state index in [1.165, 1.54) is 123 Å². The number of hydrogen-bond donors (Lipinski definition) is 0. The topological polar surface area (TPSA) is 12.5 Å². The Morgan fingerprint density at radius 3 is 1.03 bits per heavy atom. The summed E-state index contributed by atoms with van der Waals surface area (Å²) in [5, 5.41) is 5.04. The van der Waals surface area contributed by atoms with Crippen molar-refractivity contribution in [3.63, 3.8) is 0 Å². The van der Waals surface area contributed by atoms with E-state index in [9.17, 15) is 0 Å². The molecule has 4 nitrogen and oxygen atoms in total. The fourth-order valence-corrected chi connectivity index (χ4v) is 17.5. The standard InChI is InChI=1S/C88H78Br2N4/c1-85(2)79(37-23-39-81-87(55-61-25-11-7-12-26-61,56-62-27-13-8-14-28-62)73-33-19-21-35-75(73)91(81)5)93(77-51-47-67-45-49-69(89)53-71(67)83(77)85)59-65-41-43-66(44-42-65)60-94-78-52-48-68-46-50-70(90)54-72(68)84(78)86(3,4)80(94)38-24-40-82-88(57-63-29-15-9-16-30-63,58-64-31-17-10-18-32-64)74-34-20-22-36-76(74)92(82)6/h7-54H,55-60H2,1-6H3/q+2. The van der Waals surface area contributed by atoms with Gasteiger partial charge in [0.25, 0.3) is 0 Å². The molecule has 0 bridgehead atoms. The molecule has 0 aromatic heterocycles. The van der Waals surface area contributed by atoms with Gasteiger partial charge in [-0.1, -0.05) is 238 Å². The summed E-state index contributed by atoms with van der Waals surface area (Å²) >= 11 is 7.77. The Morgan fingerprint density at radius 2 is 0.681 bits per heavy atom. The average molecular weight is 1350 g/mol. The summed E-state index contributed by atoms with van der Waals surface area (Å²) in [6, 6.07) is 94.7. The highest BCUT2D eigenvalue weighted by atomic mass is 79.9. The molecule has 0 amide bonds. The Morgan fingerprint density at radius 1 is 0.362 bits per heavy atom. The largest absolute Gasteiger partial charge is 0.347 e. The Balaban J connectivity index is 0.815. The zero-order chi connectivity index (χ0) is 64.3. The molecule has 94 heavy (non-hydrogen) atoms. The van der Waals surface area contributed by atoms with Crippen LogP contribution in [0.3, 0.4) is 0 Å². The van der Waals surface area contributed by atoms with Crippen molar-refractivity contribution < 1.29 is 9.15 Å². The molecule has 462 valence electrons. The summed E-state index contributed by atoms with van der Waals surface area (Å²) in [6.45, 7) is 11.1. The minimum absolute atomic E-state index is 0.302. The molecule has 0 radical (unpaired) electrons. The quantitative estimate of drug-likeness (QED) is 0.0894. The van der Waals surface area contributed by atoms with Gasteiger partial charge >= 0.3 is 0 Å². The van der Waals surface area contributed by atoms with E-state index in [0.717, 1.165) is 34.6 Å². The lowest BCUT2D eigenvalue weighted by molar-refractivity contribution is -0.455. The van der Waals surface area contributed by atoms with Crippen molar-refractivity contribution >= 4 is 87.6 Å². The van der Waals surface area contributed by atoms with Gasteiger partial charge in [-0.25, -0.2) is 0 Å². The Bertz CT molecular complexity index is 4540. The summed E-state index contributed by atoms with van der Waals surface area (Å²) < 4.78 is 7.36. The first kappa shape index (κ1) is 61.0. The van der Waals surface area contributed by atoms with Crippen molar-refractivity contribution in [3.05, 3.63) is 367 Å². The van der Waals surface area contributed by atoms with Crippen LogP contribution >= 0.6 is 31.9 Å². The lowest BCUT2D eigenvalue weighted by Crippen LogP contribution is -2.34. The molecule has 4 aliphatic rings. The van der Waals surface area contributed by atoms with E-state index < -0.39 is 0 Å². The normalized spacial score (nSPS) is 17.4. The third-order valence-corrected chi connectivity index (χ3v) is 22.0. The first-order valence-electron chi connectivity index (χ1n) is 33.1. The van der Waals surface area contributed by atoms with Crippen LogP contribution in [0.15, 0.2) is 312 Å². The van der Waals surface area contributed by atoms with Crippen molar-refractivity contribution in [2.24, 2.45) is 0 Å². The first-order valence-corrected chi connectivity index (χ1v) is 34.7. The van der Waals surface area contributed by atoms with Gasteiger partial charge in [0, 0.05) is 103 Å². The zero-order valence-corrected chi connectivity index (χ0v) is 57.7. The zero-order valence-electron chi connectivity index (χ0n) is 54.5. The monoisotopic (exact) mass is 1350 g/mol. The SMILES string of the molecule is CN1/C(=C/C=C/C2=[N+](Cc3ccc(C[N+]4=C(/C=C/C=C5/N(C)c6ccccc6C5(Cc5ccccc5)Cc5ccccc5)C(C)(C)c5c4ccc4ccc(Br)cc54)cc3)c3ccc4ccc(Br)cc4c3C2(C)C)C(Cc2ccccc2)(Cc2ccccc2)c2ccccc21. The highest BCUT2D eigenvalue weighted by Gasteiger charge is 2.50. The molecule has 4 aliphatic heterocycles. The van der Waals surface area contributed by atoms with E-state index in [1.54, 1.807) is 0 Å². The van der Waals surface area contributed by atoms with Crippen molar-refractivity contribution in [3.8, 4) is 0 Å². The van der Waals surface area contributed by atoms with Gasteiger partial charge in [-0.2, -0.15) is 9.15 Å². The lowest BCUT2D eigenvalue weighted by Gasteiger charge is -2.33. The molecule has 0 saturated heterocycles. The number of benzene rings is 11. The van der Waals surface area contributed by atoms with Gasteiger partial charge in [0.05, 0.1) is 10.8 Å². The maximum absolute atomic E-state index is 3.88. The highest BCUT2D eigenvalue weighted by Crippen LogP contribution is 2.54. The second-order valence-corrected chi connectivity index (χ2v) is 29.3. The number of anilines is 2. The van der Waals surface area contributed by atoms with E-state index in [-0.39, 0.29) is 21.7 Å². The van der Waals surface area contributed by atoms with Gasteiger partial charge in [0.1, 0.15) is 0 Å². The smallest absolute Gasteiger partial charge is 0.210 e. The number of nitrogens with zero attached hydrogens (tertiary/aromatic N) is 4. The van der Waals surface area contributed by atoms with Crippen LogP contribution in [0.1, 0.15) is 83.3 Å². The van der Waals surface area contributed by atoms with Crippen LogP contribution in [-0.4, -0.2) is 34.7 Å². The fourth-order valence-electron chi connectivity index (χ4n) is 16.7. The molecule has 0 aliphatic carbocycles. The second-order valence-electron chi connectivity index (χ2n) is 27.4. The van der Waals surface area contributed by atoms with Crippen LogP contribution in [0.25, 0.3) is 21.5 Å². The molecule has 0 spiro atoms. The van der Waals surface area contributed by atoms with Crippen molar-refractivity contribution in [1.29, 1.82) is 0 Å². The number of fused-ring (bicyclic) bond motifs is 8. The van der Waals surface area contributed by atoms with Gasteiger partial charge in [0.2, 0.25) is 11.4 Å². The van der Waals surface area contributed by atoms with Gasteiger partial charge in [-0.15, -0.1) is 0 Å². The molecule has 11 aromatic rings. The molecule has 15 rings (SSSR count). The third kappa shape index (κ3) is 10.8. The van der Waals surface area contributed by atoms with Crippen molar-refractivity contribution in [1.82, 2.24) is 0 Å². The van der Waals surface area contributed by atoms with Gasteiger partial charge in [-0.3, -0.25) is 0 Å². The third-order valence-electron chi connectivity index (χ3n) is 21.0. The van der Waals surface area contributed by atoms with Crippen molar-refractivity contribution in [2.45, 2.75) is 88.1 Å². The predicted molar refractivity (Wildman–Crippen MR) is 401 cm³/mol. The van der Waals surface area contributed by atoms with Gasteiger partial charge in [-0.05, 0) is 169 Å². The van der Waals surface area contributed by atoms with E-state index in [4.69, 9.17) is 0 Å². The lowest BCUT2D eigenvalue weighted by atomic mass is 9.70. The molecule has 6 heteroatoms. The second kappa shape index (κ2) is 24.6. The predicted octanol–water partition coefficient (Wildman–Crippen LogP) is 21.3. The van der Waals surface area contributed by atoms with E-state index in [0.29, 0.717) is 13.1 Å². The molecule has 0 atom stereocenters. The highest BCUT2D eigenvalue weighted by molar-refractivity contribution is 9.10. The minimum Gasteiger partial charge on any atom is -0.347 e. The average Bonchev–Trinajstić information content (AvgIpc) is 1.59. The molecule has 4 heterocycles.